The molecule has 0 aliphatic heterocycles. The molecule has 0 aliphatic rings. The summed E-state index contributed by atoms with van der Waals surface area (Å²) in [5.74, 6) is 0.372. The zero-order valence-corrected chi connectivity index (χ0v) is 33.6. The third kappa shape index (κ3) is 33.5. The number of nitrogens with zero attached hydrogens (tertiary/aromatic N) is 10. The van der Waals surface area contributed by atoms with E-state index in [2.05, 4.69) is 26.3 Å². The normalized spacial score (nSPS) is 7.64. The largest absolute Gasteiger partial charge is 0.433 e. The van der Waals surface area contributed by atoms with Crippen LogP contribution in [0.25, 0.3) is 0 Å². The first-order valence-corrected chi connectivity index (χ1v) is 16.9. The summed E-state index contributed by atoms with van der Waals surface area (Å²) in [6.45, 7) is 23.8. The van der Waals surface area contributed by atoms with Crippen LogP contribution in [0.4, 0.5) is 23.3 Å². The fourth-order valence-electron chi connectivity index (χ4n) is 2.81. The molecule has 0 N–H and O–H groups in total. The predicted molar refractivity (Wildman–Crippen MR) is 244 cm³/mol. The van der Waals surface area contributed by atoms with Crippen LogP contribution in [0.15, 0.2) is 59.9 Å². The van der Waals surface area contributed by atoms with Crippen LogP contribution in [0.2, 0.25) is 0 Å². The molecule has 0 saturated carbocycles. The average Bonchev–Trinajstić information content (AvgIpc) is 3.97. The van der Waals surface area contributed by atoms with Crippen LogP contribution < -0.4 is 0 Å². The molecule has 19 nitrogen and oxygen atoms in total. The van der Waals surface area contributed by atoms with E-state index in [4.69, 9.17) is 0 Å². The molecule has 58 heavy (non-hydrogen) atoms. The number of thiazole rings is 1. The minimum absolute atomic E-state index is 0. The third-order valence-corrected chi connectivity index (χ3v) is 5.99. The highest BCUT2D eigenvalue weighted by molar-refractivity contribution is 7.11. The molecule has 0 saturated heterocycles. The van der Waals surface area contributed by atoms with E-state index in [1.165, 1.54) is 66.5 Å². The zero-order valence-electron chi connectivity index (χ0n) is 32.8. The van der Waals surface area contributed by atoms with Crippen molar-refractivity contribution in [1.82, 2.24) is 28.7 Å². The molecule has 0 unspecified atom stereocenters. The van der Waals surface area contributed by atoms with Crippen LogP contribution in [0, 0.1) is 68.2 Å². The van der Waals surface area contributed by atoms with Gasteiger partial charge in [0.2, 0.25) is 6.33 Å². The maximum atomic E-state index is 10.1. The minimum Gasteiger partial charge on any atom is -0.406 e. The Bertz CT molecular complexity index is 1570. The lowest BCUT2D eigenvalue weighted by atomic mass is 10.4. The lowest BCUT2D eigenvalue weighted by molar-refractivity contribution is -0.402. The average molecular weight is 851 g/mol. The van der Waals surface area contributed by atoms with Gasteiger partial charge in [0.15, 0.2) is 6.33 Å². The zero-order chi connectivity index (χ0) is 41.6. The standard InChI is InChI=1S/C6H9NS.C5H6N2O2.C5H5NO3.2C4H5N3O2.4C2H6.6CH4/c1-4-5(2)8-6(3)7-4;1-6-4-2-3-5(6)7(8)9;1-4-2-3-5(9-4)6(7)8;1-6-2-4(5-3-6)7(8)9;1-6-3-5-2-4(6)7(8)9;4*1-2;;;;;;/h1-3H3;2-4H,1H3;3*2-3H,1H3;4*1-2H3;6*1H4. The molecular weight excluding hydrogens is 773 g/mol. The second-order valence-electron chi connectivity index (χ2n) is 8.52. The first-order chi connectivity index (χ1) is 24.5. The van der Waals surface area contributed by atoms with E-state index in [0.717, 1.165) is 0 Å². The van der Waals surface area contributed by atoms with Crippen molar-refractivity contribution < 1.29 is 24.1 Å². The lowest BCUT2D eigenvalue weighted by Crippen LogP contribution is -1.94. The highest BCUT2D eigenvalue weighted by atomic mass is 32.1. The second kappa shape index (κ2) is 45.6. The molecule has 340 valence electrons. The Hall–Kier alpha value is -5.79. The summed E-state index contributed by atoms with van der Waals surface area (Å²) < 4.78 is 8.98. The molecule has 0 atom stereocenters. The smallest absolute Gasteiger partial charge is 0.406 e. The summed E-state index contributed by atoms with van der Waals surface area (Å²) in [7, 11) is 4.89. The molecule has 5 aromatic rings. The molecule has 0 radical (unpaired) electrons. The molecule has 0 aliphatic carbocycles. The van der Waals surface area contributed by atoms with Gasteiger partial charge in [-0.25, -0.2) is 19.1 Å². The first kappa shape index (κ1) is 76.8. The van der Waals surface area contributed by atoms with Crippen molar-refractivity contribution in [2.75, 3.05) is 0 Å². The highest BCUT2D eigenvalue weighted by Crippen LogP contribution is 2.15. The van der Waals surface area contributed by atoms with Crippen LogP contribution in [0.1, 0.15) is 121 Å². The molecule has 5 aromatic heterocycles. The van der Waals surface area contributed by atoms with Crippen molar-refractivity contribution >= 4 is 34.7 Å². The third-order valence-electron chi connectivity index (χ3n) is 5.00. The summed E-state index contributed by atoms with van der Waals surface area (Å²) in [6, 6.07) is 5.98. The van der Waals surface area contributed by atoms with Crippen molar-refractivity contribution in [3.8, 4) is 0 Å². The number of rotatable bonds is 4. The fourth-order valence-corrected chi connectivity index (χ4v) is 3.63. The van der Waals surface area contributed by atoms with Crippen molar-refractivity contribution in [3.63, 3.8) is 0 Å². The number of aromatic nitrogens is 6. The first-order valence-electron chi connectivity index (χ1n) is 16.1. The van der Waals surface area contributed by atoms with Crippen molar-refractivity contribution in [3.05, 3.63) is 117 Å². The van der Waals surface area contributed by atoms with Crippen molar-refractivity contribution in [1.29, 1.82) is 0 Å². The Balaban J connectivity index is -0.0000000580. The molecule has 0 spiro atoms. The van der Waals surface area contributed by atoms with Crippen molar-refractivity contribution in [2.45, 2.75) is 128 Å². The van der Waals surface area contributed by atoms with Crippen LogP contribution in [-0.4, -0.2) is 48.3 Å². The Morgan fingerprint density at radius 3 is 1.28 bits per heavy atom. The van der Waals surface area contributed by atoms with Crippen molar-refractivity contribution in [2.24, 2.45) is 21.1 Å². The fraction of sp³-hybridized carbons (Fsp3) is 0.553. The van der Waals surface area contributed by atoms with Gasteiger partial charge in [0.1, 0.15) is 23.1 Å². The Morgan fingerprint density at radius 1 is 0.638 bits per heavy atom. The predicted octanol–water partition coefficient (Wildman–Crippen LogP) is 13.1. The van der Waals surface area contributed by atoms with Gasteiger partial charge in [-0.05, 0) is 59.6 Å². The molecule has 5 rings (SSSR count). The summed E-state index contributed by atoms with van der Waals surface area (Å²) in [5, 5.41) is 41.1. The van der Waals surface area contributed by atoms with E-state index in [1.807, 2.05) is 69.2 Å². The van der Waals surface area contributed by atoms with E-state index in [9.17, 15) is 40.5 Å². The van der Waals surface area contributed by atoms with Gasteiger partial charge in [-0.1, -0.05) is 99.9 Å². The molecule has 5 heterocycles. The molecule has 0 bridgehead atoms. The van der Waals surface area contributed by atoms with Gasteiger partial charge in [0.05, 0.1) is 37.1 Å². The van der Waals surface area contributed by atoms with E-state index < -0.39 is 19.7 Å². The molecular formula is C38H78N10O9S. The summed E-state index contributed by atoms with van der Waals surface area (Å²) in [4.78, 5) is 50.6. The molecule has 0 fully saturated rings. The Morgan fingerprint density at radius 2 is 1.12 bits per heavy atom. The van der Waals surface area contributed by atoms with E-state index in [-0.39, 0.29) is 67.9 Å². The molecule has 20 heteroatoms. The quantitative estimate of drug-likeness (QED) is 0.121. The lowest BCUT2D eigenvalue weighted by Gasteiger charge is -1.91. The minimum atomic E-state index is -0.562. The maximum Gasteiger partial charge on any atom is 0.433 e. The molecule has 0 amide bonds. The van der Waals surface area contributed by atoms with Crippen LogP contribution in [0.3, 0.4) is 0 Å². The topological polar surface area (TPSA) is 239 Å². The molecule has 0 aromatic carbocycles. The SMILES string of the molecule is C.C.C.C.C.C.CC.CC.CC.CC.Cc1ccc([N+](=O)[O-])o1.Cc1nc(C)c(C)s1.Cn1cccc1[N+](=O)[O-].Cn1cnc([N+](=O)[O-])c1.Cn1cncc1[N+](=O)[O-]. The summed E-state index contributed by atoms with van der Waals surface area (Å²) in [6.07, 6.45) is 6.97. The highest BCUT2D eigenvalue weighted by Gasteiger charge is 2.09. The summed E-state index contributed by atoms with van der Waals surface area (Å²) in [5.41, 5.74) is 1.17. The maximum absolute atomic E-state index is 10.1. The van der Waals surface area contributed by atoms with E-state index in [1.54, 1.807) is 57.7 Å². The van der Waals surface area contributed by atoms with Crippen LogP contribution in [0.5, 0.6) is 0 Å². The van der Waals surface area contributed by atoms with Gasteiger partial charge in [-0.3, -0.25) is 10.1 Å². The number of imidazole rings is 2. The van der Waals surface area contributed by atoms with Gasteiger partial charge in [0.25, 0.3) is 0 Å². The monoisotopic (exact) mass is 851 g/mol. The van der Waals surface area contributed by atoms with Gasteiger partial charge in [0, 0.05) is 18.0 Å². The van der Waals surface area contributed by atoms with Gasteiger partial charge < -0.3 is 39.3 Å². The van der Waals surface area contributed by atoms with E-state index >= 15 is 0 Å². The number of nitro groups is 4. The Kier molecular flexibility index (Phi) is 60.4. The van der Waals surface area contributed by atoms with Gasteiger partial charge in [-0.2, -0.15) is 0 Å². The second-order valence-corrected chi connectivity index (χ2v) is 9.93. The van der Waals surface area contributed by atoms with Crippen LogP contribution in [-0.2, 0) is 21.1 Å². The van der Waals surface area contributed by atoms with Gasteiger partial charge in [-0.15, -0.1) is 11.3 Å². The van der Waals surface area contributed by atoms with Gasteiger partial charge >= 0.3 is 23.3 Å². The number of hydrogen-bond donors (Lipinski definition) is 0. The number of hydrogen-bond acceptors (Lipinski definition) is 13. The number of aryl methyl sites for hydroxylation is 7. The van der Waals surface area contributed by atoms with E-state index in [0.29, 0.717) is 5.76 Å². The van der Waals surface area contributed by atoms with Crippen LogP contribution >= 0.6 is 11.3 Å². The summed E-state index contributed by atoms with van der Waals surface area (Å²) >= 11 is 1.76. The number of furan rings is 1. The Labute approximate surface area is 352 Å².